The molecule has 1 aliphatic heterocycles. The molecule has 2 aromatic heterocycles. The summed E-state index contributed by atoms with van der Waals surface area (Å²) >= 11 is 1.25. The van der Waals surface area contributed by atoms with Gasteiger partial charge in [0.1, 0.15) is 9.71 Å². The first-order valence-electron chi connectivity index (χ1n) is 10.1. The summed E-state index contributed by atoms with van der Waals surface area (Å²) in [5.74, 6) is -0.623. The van der Waals surface area contributed by atoms with Crippen molar-refractivity contribution in [2.45, 2.75) is 20.8 Å². The highest BCUT2D eigenvalue weighted by Crippen LogP contribution is 2.38. The molecule has 0 aliphatic carbocycles. The van der Waals surface area contributed by atoms with Crippen LogP contribution in [0.15, 0.2) is 24.3 Å². The van der Waals surface area contributed by atoms with Gasteiger partial charge in [-0.25, -0.2) is 4.98 Å². The number of thiophene rings is 1. The number of nitro benzene ring substituents is 1. The van der Waals surface area contributed by atoms with Gasteiger partial charge in [0.25, 0.3) is 17.5 Å². The van der Waals surface area contributed by atoms with E-state index in [-0.39, 0.29) is 17.2 Å². The van der Waals surface area contributed by atoms with Crippen LogP contribution >= 0.6 is 11.3 Å². The van der Waals surface area contributed by atoms with E-state index in [0.717, 1.165) is 16.6 Å². The van der Waals surface area contributed by atoms with E-state index in [1.165, 1.54) is 29.5 Å². The molecule has 166 valence electrons. The number of rotatable bonds is 4. The summed E-state index contributed by atoms with van der Waals surface area (Å²) in [6, 6.07) is 6.10. The Kier molecular flexibility index (Phi) is 5.90. The van der Waals surface area contributed by atoms with Gasteiger partial charge in [-0.3, -0.25) is 19.7 Å². The maximum absolute atomic E-state index is 13.3. The van der Waals surface area contributed by atoms with Gasteiger partial charge in [-0.1, -0.05) is 0 Å². The van der Waals surface area contributed by atoms with Crippen LogP contribution in [0.25, 0.3) is 10.2 Å². The second-order valence-electron chi connectivity index (χ2n) is 7.68. The Morgan fingerprint density at radius 1 is 1.16 bits per heavy atom. The summed E-state index contributed by atoms with van der Waals surface area (Å²) in [7, 11) is 0. The Labute approximate surface area is 188 Å². The van der Waals surface area contributed by atoms with Crippen molar-refractivity contribution in [2.24, 2.45) is 0 Å². The Bertz CT molecular complexity index is 1250. The highest BCUT2D eigenvalue weighted by Gasteiger charge is 2.27. The molecule has 0 saturated carbocycles. The van der Waals surface area contributed by atoms with Gasteiger partial charge in [-0.2, -0.15) is 0 Å². The molecule has 32 heavy (non-hydrogen) atoms. The van der Waals surface area contributed by atoms with E-state index >= 15 is 0 Å². The summed E-state index contributed by atoms with van der Waals surface area (Å²) in [6.07, 6.45) is 0. The third kappa shape index (κ3) is 4.06. The van der Waals surface area contributed by atoms with E-state index in [0.29, 0.717) is 47.3 Å². The number of ether oxygens (including phenoxy) is 1. The van der Waals surface area contributed by atoms with E-state index in [4.69, 9.17) is 4.74 Å². The van der Waals surface area contributed by atoms with Gasteiger partial charge in [-0.05, 0) is 44.5 Å². The lowest BCUT2D eigenvalue weighted by Crippen LogP contribution is -2.40. The van der Waals surface area contributed by atoms with Crippen molar-refractivity contribution in [3.05, 3.63) is 61.6 Å². The van der Waals surface area contributed by atoms with Crippen LogP contribution in [-0.4, -0.2) is 52.9 Å². The van der Waals surface area contributed by atoms with Crippen LogP contribution in [-0.2, 0) is 4.74 Å². The number of nitrogens with one attached hydrogen (secondary N) is 1. The number of amides is 2. The molecule has 3 heterocycles. The van der Waals surface area contributed by atoms with Crippen LogP contribution in [0.3, 0.4) is 0 Å². The van der Waals surface area contributed by atoms with Crippen LogP contribution in [0.5, 0.6) is 0 Å². The first kappa shape index (κ1) is 21.8. The third-order valence-corrected chi connectivity index (χ3v) is 6.45. The van der Waals surface area contributed by atoms with Gasteiger partial charge in [0, 0.05) is 41.4 Å². The van der Waals surface area contributed by atoms with Crippen LogP contribution in [0, 0.1) is 30.9 Å². The normalized spacial score (nSPS) is 13.9. The number of morpholine rings is 1. The Balaban J connectivity index is 1.76. The molecule has 0 radical (unpaired) electrons. The highest BCUT2D eigenvalue weighted by atomic mass is 32.1. The first-order chi connectivity index (χ1) is 15.3. The maximum atomic E-state index is 13.3. The molecule has 1 saturated heterocycles. The van der Waals surface area contributed by atoms with Crippen molar-refractivity contribution in [3.8, 4) is 0 Å². The molecule has 3 aromatic rings. The van der Waals surface area contributed by atoms with Crippen molar-refractivity contribution in [2.75, 3.05) is 31.6 Å². The minimum absolute atomic E-state index is 0.0544. The molecule has 0 unspecified atom stereocenters. The van der Waals surface area contributed by atoms with Crippen molar-refractivity contribution in [3.63, 3.8) is 0 Å². The minimum atomic E-state index is -0.486. The van der Waals surface area contributed by atoms with E-state index < -0.39 is 10.8 Å². The van der Waals surface area contributed by atoms with E-state index in [1.54, 1.807) is 11.8 Å². The average Bonchev–Trinajstić information content (AvgIpc) is 3.11. The molecule has 10 heteroatoms. The van der Waals surface area contributed by atoms with Gasteiger partial charge in [0.15, 0.2) is 0 Å². The number of nitrogens with zero attached hydrogens (tertiary/aromatic N) is 3. The second-order valence-corrected chi connectivity index (χ2v) is 8.68. The van der Waals surface area contributed by atoms with Gasteiger partial charge >= 0.3 is 0 Å². The zero-order valence-corrected chi connectivity index (χ0v) is 18.7. The Morgan fingerprint density at radius 2 is 1.88 bits per heavy atom. The number of hydrogen-bond acceptors (Lipinski definition) is 7. The van der Waals surface area contributed by atoms with Crippen molar-refractivity contribution < 1.29 is 19.2 Å². The van der Waals surface area contributed by atoms with E-state index in [2.05, 4.69) is 10.3 Å². The number of fused-ring (bicyclic) bond motifs is 1. The predicted octanol–water partition coefficient (Wildman–Crippen LogP) is 3.85. The quantitative estimate of drug-likeness (QED) is 0.473. The summed E-state index contributed by atoms with van der Waals surface area (Å²) in [6.45, 7) is 7.28. The largest absolute Gasteiger partial charge is 0.378 e. The molecule has 1 fully saturated rings. The molecule has 1 N–H and O–H groups in total. The fourth-order valence-electron chi connectivity index (χ4n) is 3.81. The lowest BCUT2D eigenvalue weighted by atomic mass is 10.1. The lowest BCUT2D eigenvalue weighted by Gasteiger charge is -2.26. The summed E-state index contributed by atoms with van der Waals surface area (Å²) in [5, 5.41) is 14.7. The summed E-state index contributed by atoms with van der Waals surface area (Å²) in [4.78, 5) is 44.3. The zero-order chi connectivity index (χ0) is 23.0. The zero-order valence-electron chi connectivity index (χ0n) is 17.9. The van der Waals surface area contributed by atoms with Crippen LogP contribution < -0.4 is 5.32 Å². The first-order valence-corrected chi connectivity index (χ1v) is 10.9. The van der Waals surface area contributed by atoms with Crippen LogP contribution in [0.4, 0.5) is 11.4 Å². The molecule has 1 aliphatic rings. The molecule has 0 bridgehead atoms. The number of hydrogen-bond donors (Lipinski definition) is 1. The Hall–Kier alpha value is -3.37. The SMILES string of the molecule is Cc1cc(C)c2c(NC(=O)c3ccc([N+](=O)[O-])c(C)c3)c(C(=O)N3CCOCC3)sc2n1. The molecule has 4 rings (SSSR count). The number of nitro groups is 1. The molecular weight excluding hydrogens is 432 g/mol. The topological polar surface area (TPSA) is 115 Å². The monoisotopic (exact) mass is 454 g/mol. The molecule has 1 aromatic carbocycles. The van der Waals surface area contributed by atoms with Gasteiger partial charge < -0.3 is 15.0 Å². The number of anilines is 1. The second kappa shape index (κ2) is 8.64. The highest BCUT2D eigenvalue weighted by molar-refractivity contribution is 7.21. The summed E-state index contributed by atoms with van der Waals surface area (Å²) in [5.41, 5.74) is 2.75. The fraction of sp³-hybridized carbons (Fsp3) is 0.318. The van der Waals surface area contributed by atoms with Crippen LogP contribution in [0.2, 0.25) is 0 Å². The predicted molar refractivity (Wildman–Crippen MR) is 122 cm³/mol. The summed E-state index contributed by atoms with van der Waals surface area (Å²) < 4.78 is 5.35. The minimum Gasteiger partial charge on any atom is -0.378 e. The number of aryl methyl sites for hydroxylation is 3. The van der Waals surface area contributed by atoms with Crippen molar-refractivity contribution in [1.82, 2.24) is 9.88 Å². The smallest absolute Gasteiger partial charge is 0.272 e. The standard InChI is InChI=1S/C22H22N4O5S/c1-12-11-15(4-5-16(12)26(29)30)20(27)24-18-17-13(2)10-14(3)23-21(17)32-19(18)22(28)25-6-8-31-9-7-25/h4-5,10-11H,6-9H2,1-3H3,(H,24,27). The lowest BCUT2D eigenvalue weighted by molar-refractivity contribution is -0.385. The average molecular weight is 455 g/mol. The molecule has 9 nitrogen and oxygen atoms in total. The van der Waals surface area contributed by atoms with Gasteiger partial charge in [-0.15, -0.1) is 11.3 Å². The molecule has 0 atom stereocenters. The number of carbonyl (C=O) groups is 2. The van der Waals surface area contributed by atoms with E-state index in [9.17, 15) is 19.7 Å². The number of benzene rings is 1. The third-order valence-electron chi connectivity index (χ3n) is 5.37. The Morgan fingerprint density at radius 3 is 2.53 bits per heavy atom. The van der Waals surface area contributed by atoms with Crippen molar-refractivity contribution >= 4 is 44.7 Å². The number of aromatic nitrogens is 1. The molecular formula is C22H22N4O5S. The molecule has 2 amide bonds. The molecule has 0 spiro atoms. The maximum Gasteiger partial charge on any atom is 0.272 e. The number of carbonyl (C=O) groups excluding carboxylic acids is 2. The van der Waals surface area contributed by atoms with E-state index in [1.807, 2.05) is 19.9 Å². The van der Waals surface area contributed by atoms with Crippen LogP contribution in [0.1, 0.15) is 36.9 Å². The fourth-order valence-corrected chi connectivity index (χ4v) is 5.03. The van der Waals surface area contributed by atoms with Gasteiger partial charge in [0.2, 0.25) is 0 Å². The number of pyridine rings is 1. The van der Waals surface area contributed by atoms with Gasteiger partial charge in [0.05, 0.1) is 23.8 Å². The van der Waals surface area contributed by atoms with Crippen molar-refractivity contribution in [1.29, 1.82) is 0 Å².